The van der Waals surface area contributed by atoms with Crippen molar-refractivity contribution in [1.29, 1.82) is 0 Å². The summed E-state index contributed by atoms with van der Waals surface area (Å²) in [6, 6.07) is 14.7. The van der Waals surface area contributed by atoms with E-state index in [4.69, 9.17) is 54.7 Å². The summed E-state index contributed by atoms with van der Waals surface area (Å²) in [6.45, 7) is 2.73. The summed E-state index contributed by atoms with van der Waals surface area (Å²) in [6.07, 6.45) is 5.15. The molecule has 4 aromatic rings. The number of ether oxygens (including phenoxy) is 3. The maximum atomic E-state index is 11.9. The summed E-state index contributed by atoms with van der Waals surface area (Å²) in [4.78, 5) is 38.8. The molecule has 0 radical (unpaired) electrons. The number of nitrogen functional groups attached to an aromatic ring is 1. The fraction of sp³-hybridized carbons (Fsp3) is 0.267. The Morgan fingerprint density at radius 3 is 1.59 bits per heavy atom. The zero-order valence-electron chi connectivity index (χ0n) is 25.3. The molecule has 2 aromatic heterocycles. The molecule has 0 aliphatic carbocycles. The molecule has 1 fully saturated rings. The molecule has 16 heteroatoms. The van der Waals surface area contributed by atoms with Crippen LogP contribution in [0.5, 0.6) is 11.5 Å². The summed E-state index contributed by atoms with van der Waals surface area (Å²) in [5, 5.41) is 5.49. The van der Waals surface area contributed by atoms with Gasteiger partial charge in [0.25, 0.3) is 11.8 Å². The van der Waals surface area contributed by atoms with Crippen molar-refractivity contribution >= 4 is 52.4 Å². The third kappa shape index (κ3) is 12.6. The molecule has 0 atom stereocenters. The molecule has 7 N–H and O–H groups in total. The van der Waals surface area contributed by atoms with Gasteiger partial charge in [0.15, 0.2) is 0 Å². The number of anilines is 1. The first-order valence-electron chi connectivity index (χ1n) is 13.6. The van der Waals surface area contributed by atoms with Crippen LogP contribution in [-0.4, -0.2) is 59.2 Å². The van der Waals surface area contributed by atoms with Crippen LogP contribution in [0.3, 0.4) is 0 Å². The number of aromatic nitrogens is 4. The Bertz CT molecular complexity index is 1420. The average molecular weight is 694 g/mol. The van der Waals surface area contributed by atoms with Gasteiger partial charge in [-0.15, -0.1) is 0 Å². The zero-order valence-corrected chi connectivity index (χ0v) is 27.5. The average Bonchev–Trinajstić information content (AvgIpc) is 3.64. The number of halogens is 3. The van der Waals surface area contributed by atoms with Gasteiger partial charge in [0.2, 0.25) is 10.6 Å². The van der Waals surface area contributed by atoms with Gasteiger partial charge in [0.1, 0.15) is 22.5 Å². The lowest BCUT2D eigenvalue weighted by molar-refractivity contribution is 0.0942. The molecule has 1 saturated heterocycles. The number of rotatable bonds is 8. The molecule has 0 unspecified atom stereocenters. The number of nitrogens with two attached hydrogens (primary N) is 1. The van der Waals surface area contributed by atoms with Crippen molar-refractivity contribution in [1.82, 2.24) is 36.7 Å². The van der Waals surface area contributed by atoms with Crippen LogP contribution in [0.1, 0.15) is 44.7 Å². The maximum Gasteiger partial charge on any atom is 0.256 e. The van der Waals surface area contributed by atoms with E-state index in [1.807, 2.05) is 48.5 Å². The Hall–Kier alpha value is -4.27. The van der Waals surface area contributed by atoms with Crippen molar-refractivity contribution < 1.29 is 23.8 Å². The van der Waals surface area contributed by atoms with Gasteiger partial charge >= 0.3 is 0 Å². The highest BCUT2D eigenvalue weighted by Crippen LogP contribution is 2.16. The van der Waals surface area contributed by atoms with Crippen LogP contribution in [0.2, 0.25) is 15.7 Å². The van der Waals surface area contributed by atoms with E-state index in [1.165, 1.54) is 25.2 Å². The first kappa shape index (κ1) is 37.9. The third-order valence-electron chi connectivity index (χ3n) is 6.04. The van der Waals surface area contributed by atoms with E-state index in [1.54, 1.807) is 14.2 Å². The zero-order chi connectivity index (χ0) is 32.6. The van der Waals surface area contributed by atoms with Crippen LogP contribution >= 0.6 is 34.8 Å². The molecule has 3 heterocycles. The number of nitrogens with one attached hydrogen (secondary N) is 2. The van der Waals surface area contributed by atoms with Crippen molar-refractivity contribution in [3.8, 4) is 11.5 Å². The standard InChI is InChI=1S/C13H11Cl2N3O2.C13H13ClN4O2.C4H8O.H3N/c1-20-9-4-2-8(3-5-9)6-16-12(19)10-7-17-13(15)18-11(10)14;1-20-9-4-2-8(3-5-9)6-16-12(19)10-7-17-13(14)18-11(10)15;1-2-4-5-3-1;/h2-5,7H,6H2,1H3,(H,16,19);2-5,7H,6H2,1H3,(H,16,19)(H2,15,17,18);1-4H2;1H3. The molecule has 13 nitrogen and oxygen atoms in total. The Balaban J connectivity index is 0.000000272. The van der Waals surface area contributed by atoms with E-state index in [0.29, 0.717) is 13.1 Å². The number of nitrogens with zero attached hydrogens (tertiary/aromatic N) is 4. The second-order valence-corrected chi connectivity index (χ2v) is 10.2. The van der Waals surface area contributed by atoms with Crippen molar-refractivity contribution in [2.45, 2.75) is 25.9 Å². The Kier molecular flexibility index (Phi) is 16.5. The van der Waals surface area contributed by atoms with Gasteiger partial charge in [0.05, 0.1) is 25.3 Å². The summed E-state index contributed by atoms with van der Waals surface area (Å²) in [5.74, 6) is 0.861. The lowest BCUT2D eigenvalue weighted by Gasteiger charge is -2.07. The summed E-state index contributed by atoms with van der Waals surface area (Å²) < 4.78 is 15.1. The highest BCUT2D eigenvalue weighted by atomic mass is 35.5. The second-order valence-electron chi connectivity index (χ2n) is 9.16. The van der Waals surface area contributed by atoms with E-state index >= 15 is 0 Å². The number of carbonyl (C=O) groups is 2. The fourth-order valence-electron chi connectivity index (χ4n) is 3.59. The number of methoxy groups -OCH3 is 2. The molecule has 1 aliphatic heterocycles. The maximum absolute atomic E-state index is 11.9. The molecule has 0 bridgehead atoms. The molecule has 46 heavy (non-hydrogen) atoms. The van der Waals surface area contributed by atoms with Crippen LogP contribution < -0.4 is 32.0 Å². The predicted molar refractivity (Wildman–Crippen MR) is 177 cm³/mol. The van der Waals surface area contributed by atoms with Gasteiger partial charge in [-0.1, -0.05) is 35.9 Å². The largest absolute Gasteiger partial charge is 0.497 e. The molecular formula is C30H35Cl3N8O5. The monoisotopic (exact) mass is 692 g/mol. The minimum Gasteiger partial charge on any atom is -0.497 e. The van der Waals surface area contributed by atoms with Crippen molar-refractivity contribution in [3.05, 3.63) is 98.9 Å². The molecule has 0 spiro atoms. The molecule has 2 aromatic carbocycles. The molecular weight excluding hydrogens is 659 g/mol. The van der Waals surface area contributed by atoms with Crippen LogP contribution in [-0.2, 0) is 17.8 Å². The van der Waals surface area contributed by atoms with E-state index < -0.39 is 0 Å². The van der Waals surface area contributed by atoms with Crippen molar-refractivity contribution in [2.24, 2.45) is 0 Å². The Morgan fingerprint density at radius 2 is 1.20 bits per heavy atom. The van der Waals surface area contributed by atoms with Gasteiger partial charge in [-0.2, -0.15) is 0 Å². The predicted octanol–water partition coefficient (Wildman–Crippen LogP) is 5.33. The topological polar surface area (TPSA) is 198 Å². The normalized spacial score (nSPS) is 11.4. The van der Waals surface area contributed by atoms with Crippen LogP contribution in [0.4, 0.5) is 5.82 Å². The van der Waals surface area contributed by atoms with Crippen molar-refractivity contribution in [3.63, 3.8) is 0 Å². The lowest BCUT2D eigenvalue weighted by Crippen LogP contribution is -2.24. The first-order valence-corrected chi connectivity index (χ1v) is 14.7. The summed E-state index contributed by atoms with van der Waals surface area (Å²) >= 11 is 17.0. The summed E-state index contributed by atoms with van der Waals surface area (Å²) in [7, 11) is 3.19. The van der Waals surface area contributed by atoms with Gasteiger partial charge in [0, 0.05) is 38.7 Å². The number of hydrogen-bond donors (Lipinski definition) is 4. The highest BCUT2D eigenvalue weighted by molar-refractivity contribution is 6.34. The third-order valence-corrected chi connectivity index (χ3v) is 6.69. The molecule has 246 valence electrons. The number of hydrogen-bond acceptors (Lipinski definition) is 11. The van der Waals surface area contributed by atoms with Crippen LogP contribution in [0.15, 0.2) is 60.9 Å². The highest BCUT2D eigenvalue weighted by Gasteiger charge is 2.13. The molecule has 1 aliphatic rings. The van der Waals surface area contributed by atoms with Crippen LogP contribution in [0.25, 0.3) is 0 Å². The van der Waals surface area contributed by atoms with E-state index in [0.717, 1.165) is 35.8 Å². The van der Waals surface area contributed by atoms with Crippen molar-refractivity contribution in [2.75, 3.05) is 33.2 Å². The quantitative estimate of drug-likeness (QED) is 0.137. The van der Waals surface area contributed by atoms with Gasteiger partial charge in [-0.3, -0.25) is 9.59 Å². The Morgan fingerprint density at radius 1 is 0.761 bits per heavy atom. The van der Waals surface area contributed by atoms with E-state index in [2.05, 4.69) is 30.6 Å². The molecule has 2 amide bonds. The fourth-order valence-corrected chi connectivity index (χ4v) is 4.12. The lowest BCUT2D eigenvalue weighted by atomic mass is 10.2. The molecule has 5 rings (SSSR count). The minimum absolute atomic E-state index is 0. The van der Waals surface area contributed by atoms with Gasteiger partial charge < -0.3 is 36.7 Å². The smallest absolute Gasteiger partial charge is 0.256 e. The van der Waals surface area contributed by atoms with Crippen LogP contribution in [0, 0.1) is 0 Å². The Labute approximate surface area is 281 Å². The SMILES string of the molecule is C1CCOC1.COc1ccc(CNC(=O)c2cnc(Cl)nc2Cl)cc1.COc1ccc(CNC(=O)c2cnc(Cl)nc2N)cc1.N. The molecule has 0 saturated carbocycles. The number of benzene rings is 2. The van der Waals surface area contributed by atoms with Gasteiger partial charge in [-0.25, -0.2) is 19.9 Å². The number of carbonyl (C=O) groups excluding carboxylic acids is 2. The first-order chi connectivity index (χ1) is 21.7. The van der Waals surface area contributed by atoms with E-state index in [9.17, 15) is 9.59 Å². The van der Waals surface area contributed by atoms with Gasteiger partial charge in [-0.05, 0) is 71.4 Å². The summed E-state index contributed by atoms with van der Waals surface area (Å²) in [5.41, 5.74) is 7.87. The minimum atomic E-state index is -0.359. The second kappa shape index (κ2) is 20.0. The number of amides is 2. The van der Waals surface area contributed by atoms with E-state index in [-0.39, 0.29) is 50.6 Å².